The van der Waals surface area contributed by atoms with Crippen LogP contribution in [0.4, 0.5) is 5.69 Å². The summed E-state index contributed by atoms with van der Waals surface area (Å²) in [6.45, 7) is 4.01. The molecular formula is C21H20N2O4S. The van der Waals surface area contributed by atoms with Crippen LogP contribution in [0.3, 0.4) is 0 Å². The van der Waals surface area contributed by atoms with Gasteiger partial charge in [-0.05, 0) is 60.3 Å². The molecule has 1 fully saturated rings. The lowest BCUT2D eigenvalue weighted by atomic mass is 10.1. The third-order valence-corrected chi connectivity index (χ3v) is 4.35. The number of nitrogens with one attached hydrogen (secondary N) is 1. The number of thiocarbonyl (C=S) groups is 1. The average molecular weight is 396 g/mol. The predicted molar refractivity (Wildman–Crippen MR) is 113 cm³/mol. The van der Waals surface area contributed by atoms with Crippen LogP contribution in [0.1, 0.15) is 5.56 Å². The number of ether oxygens (including phenoxy) is 3. The highest BCUT2D eigenvalue weighted by Crippen LogP contribution is 2.30. The van der Waals surface area contributed by atoms with Gasteiger partial charge in [0.2, 0.25) is 0 Å². The quantitative estimate of drug-likeness (QED) is 0.439. The number of nitrogens with zero attached hydrogens (tertiary/aromatic N) is 1. The minimum absolute atomic E-state index is 0.235. The number of hydrogen-bond acceptors (Lipinski definition) is 5. The van der Waals surface area contributed by atoms with Gasteiger partial charge in [0.05, 0.1) is 19.9 Å². The summed E-state index contributed by atoms with van der Waals surface area (Å²) in [5.74, 6) is 1.64. The van der Waals surface area contributed by atoms with Crippen molar-refractivity contribution in [3.05, 3.63) is 66.4 Å². The SMILES string of the molecule is C=CCOc1ccc(C=C2NC(=S)N(c3ccc(OC)cc3)C2=O)cc1OC. The van der Waals surface area contributed by atoms with E-state index in [2.05, 4.69) is 11.9 Å². The zero-order valence-electron chi connectivity index (χ0n) is 15.6. The maximum atomic E-state index is 12.8. The number of amides is 1. The van der Waals surface area contributed by atoms with Gasteiger partial charge in [0.15, 0.2) is 16.6 Å². The summed E-state index contributed by atoms with van der Waals surface area (Å²) < 4.78 is 16.1. The average Bonchev–Trinajstić information content (AvgIpc) is 3.00. The molecule has 0 atom stereocenters. The summed E-state index contributed by atoms with van der Waals surface area (Å²) in [7, 11) is 3.15. The van der Waals surface area contributed by atoms with E-state index in [1.807, 2.05) is 6.07 Å². The van der Waals surface area contributed by atoms with E-state index in [-0.39, 0.29) is 5.91 Å². The maximum absolute atomic E-state index is 12.8. The van der Waals surface area contributed by atoms with E-state index in [1.54, 1.807) is 62.8 Å². The molecule has 0 spiro atoms. The Hall–Kier alpha value is -3.32. The second kappa shape index (κ2) is 8.58. The molecule has 1 heterocycles. The number of anilines is 1. The van der Waals surface area contributed by atoms with Crippen molar-refractivity contribution >= 4 is 35.0 Å². The number of carbonyl (C=O) groups excluding carboxylic acids is 1. The van der Waals surface area contributed by atoms with Gasteiger partial charge in [0.25, 0.3) is 5.91 Å². The molecule has 1 saturated heterocycles. The summed E-state index contributed by atoms with van der Waals surface area (Å²) in [5, 5.41) is 3.29. The Morgan fingerprint density at radius 1 is 1.11 bits per heavy atom. The fourth-order valence-electron chi connectivity index (χ4n) is 2.71. The van der Waals surface area contributed by atoms with Crippen LogP contribution in [-0.4, -0.2) is 31.8 Å². The van der Waals surface area contributed by atoms with Gasteiger partial charge in [0.1, 0.15) is 18.1 Å². The fourth-order valence-corrected chi connectivity index (χ4v) is 3.01. The minimum Gasteiger partial charge on any atom is -0.497 e. The van der Waals surface area contributed by atoms with Gasteiger partial charge in [-0.3, -0.25) is 9.69 Å². The van der Waals surface area contributed by atoms with E-state index in [4.69, 9.17) is 26.4 Å². The van der Waals surface area contributed by atoms with E-state index in [0.29, 0.717) is 40.4 Å². The Bertz CT molecular complexity index is 938. The van der Waals surface area contributed by atoms with Crippen molar-refractivity contribution in [1.82, 2.24) is 5.32 Å². The Kier molecular flexibility index (Phi) is 5.96. The molecule has 0 unspecified atom stereocenters. The first-order valence-corrected chi connectivity index (χ1v) is 8.91. The molecule has 0 aliphatic carbocycles. The van der Waals surface area contributed by atoms with E-state index >= 15 is 0 Å². The summed E-state index contributed by atoms with van der Waals surface area (Å²) in [6.07, 6.45) is 3.38. The normalized spacial score (nSPS) is 14.8. The van der Waals surface area contributed by atoms with Crippen LogP contribution in [0.5, 0.6) is 17.2 Å². The summed E-state index contributed by atoms with van der Waals surface area (Å²) in [4.78, 5) is 14.3. The Morgan fingerprint density at radius 3 is 2.50 bits per heavy atom. The Morgan fingerprint density at radius 2 is 1.86 bits per heavy atom. The molecule has 7 heteroatoms. The largest absolute Gasteiger partial charge is 0.497 e. The van der Waals surface area contributed by atoms with Gasteiger partial charge in [-0.15, -0.1) is 0 Å². The molecule has 28 heavy (non-hydrogen) atoms. The molecule has 144 valence electrons. The molecule has 1 N–H and O–H groups in total. The lowest BCUT2D eigenvalue weighted by Crippen LogP contribution is -2.30. The number of benzene rings is 2. The highest BCUT2D eigenvalue weighted by atomic mass is 32.1. The molecule has 2 aromatic carbocycles. The molecule has 2 aromatic rings. The van der Waals surface area contributed by atoms with Crippen LogP contribution in [-0.2, 0) is 4.79 Å². The van der Waals surface area contributed by atoms with Crippen LogP contribution in [0.25, 0.3) is 6.08 Å². The summed E-state index contributed by atoms with van der Waals surface area (Å²) in [5.41, 5.74) is 1.82. The standard InChI is InChI=1S/C21H20N2O4S/c1-4-11-27-18-10-5-14(13-19(18)26-3)12-17-20(24)23(21(28)22-17)15-6-8-16(25-2)9-7-15/h4-10,12-13H,1,11H2,2-3H3,(H,22,28). The molecule has 0 aromatic heterocycles. The van der Waals surface area contributed by atoms with E-state index in [0.717, 1.165) is 5.56 Å². The number of rotatable bonds is 7. The number of hydrogen-bond donors (Lipinski definition) is 1. The van der Waals surface area contributed by atoms with E-state index in [9.17, 15) is 4.79 Å². The highest BCUT2D eigenvalue weighted by molar-refractivity contribution is 7.80. The van der Waals surface area contributed by atoms with E-state index in [1.165, 1.54) is 4.90 Å². The predicted octanol–water partition coefficient (Wildman–Crippen LogP) is 3.53. The highest BCUT2D eigenvalue weighted by Gasteiger charge is 2.32. The van der Waals surface area contributed by atoms with E-state index < -0.39 is 0 Å². The monoisotopic (exact) mass is 396 g/mol. The van der Waals surface area contributed by atoms with Crippen LogP contribution in [0.2, 0.25) is 0 Å². The van der Waals surface area contributed by atoms with Crippen LogP contribution in [0, 0.1) is 0 Å². The third-order valence-electron chi connectivity index (χ3n) is 4.06. The second-order valence-corrected chi connectivity index (χ2v) is 6.22. The van der Waals surface area contributed by atoms with Gasteiger partial charge in [0, 0.05) is 0 Å². The van der Waals surface area contributed by atoms with Crippen LogP contribution >= 0.6 is 12.2 Å². The van der Waals surface area contributed by atoms with Gasteiger partial charge >= 0.3 is 0 Å². The summed E-state index contributed by atoms with van der Waals surface area (Å²) in [6, 6.07) is 12.5. The topological polar surface area (TPSA) is 60.0 Å². The van der Waals surface area contributed by atoms with Crippen LogP contribution < -0.4 is 24.4 Å². The molecule has 1 aliphatic rings. The smallest absolute Gasteiger partial charge is 0.281 e. The zero-order chi connectivity index (χ0) is 20.1. The lowest BCUT2D eigenvalue weighted by Gasteiger charge is -2.14. The molecule has 0 radical (unpaired) electrons. The Labute approximate surface area is 169 Å². The van der Waals surface area contributed by atoms with Gasteiger partial charge in [-0.2, -0.15) is 0 Å². The number of carbonyl (C=O) groups is 1. The van der Waals surface area contributed by atoms with Gasteiger partial charge in [-0.1, -0.05) is 18.7 Å². The van der Waals surface area contributed by atoms with Crippen molar-refractivity contribution in [2.45, 2.75) is 0 Å². The molecule has 1 aliphatic heterocycles. The van der Waals surface area contributed by atoms with Crippen molar-refractivity contribution in [3.63, 3.8) is 0 Å². The van der Waals surface area contributed by atoms with Crippen molar-refractivity contribution in [2.75, 3.05) is 25.7 Å². The molecule has 1 amide bonds. The molecule has 6 nitrogen and oxygen atoms in total. The van der Waals surface area contributed by atoms with Crippen molar-refractivity contribution < 1.29 is 19.0 Å². The van der Waals surface area contributed by atoms with Crippen molar-refractivity contribution in [2.24, 2.45) is 0 Å². The lowest BCUT2D eigenvalue weighted by molar-refractivity contribution is -0.113. The zero-order valence-corrected chi connectivity index (χ0v) is 16.4. The summed E-state index contributed by atoms with van der Waals surface area (Å²) >= 11 is 5.34. The number of methoxy groups -OCH3 is 2. The first kappa shape index (κ1) is 19.4. The van der Waals surface area contributed by atoms with Gasteiger partial charge < -0.3 is 19.5 Å². The first-order chi connectivity index (χ1) is 13.6. The van der Waals surface area contributed by atoms with Crippen molar-refractivity contribution in [1.29, 1.82) is 0 Å². The maximum Gasteiger partial charge on any atom is 0.281 e. The molecule has 0 saturated carbocycles. The minimum atomic E-state index is -0.235. The van der Waals surface area contributed by atoms with Gasteiger partial charge in [-0.25, -0.2) is 0 Å². The molecular weight excluding hydrogens is 376 g/mol. The fraction of sp³-hybridized carbons (Fsp3) is 0.143. The second-order valence-electron chi connectivity index (χ2n) is 5.84. The first-order valence-electron chi connectivity index (χ1n) is 8.50. The molecule has 0 bridgehead atoms. The third kappa shape index (κ3) is 3.99. The molecule has 3 rings (SSSR count). The Balaban J connectivity index is 1.85. The van der Waals surface area contributed by atoms with Crippen molar-refractivity contribution in [3.8, 4) is 17.2 Å². The van der Waals surface area contributed by atoms with Crippen LogP contribution in [0.15, 0.2) is 60.8 Å².